The summed E-state index contributed by atoms with van der Waals surface area (Å²) in [6.45, 7) is 2.39. The first-order valence-electron chi connectivity index (χ1n) is 6.00. The third-order valence-electron chi connectivity index (χ3n) is 2.66. The van der Waals surface area contributed by atoms with Crippen LogP contribution in [0.2, 0.25) is 0 Å². The normalized spacial score (nSPS) is 10.0. The van der Waals surface area contributed by atoms with Crippen molar-refractivity contribution < 1.29 is 9.18 Å². The number of anilines is 1. The number of hydrogen-bond donors (Lipinski definition) is 2. The number of amides is 2. The molecule has 0 aromatic heterocycles. The minimum atomic E-state index is -0.451. The number of nitrogens with one attached hydrogen (secondary N) is 2. The Hall–Kier alpha value is -2.36. The van der Waals surface area contributed by atoms with E-state index in [2.05, 4.69) is 10.6 Å². The molecule has 2 aromatic rings. The van der Waals surface area contributed by atoms with Gasteiger partial charge >= 0.3 is 6.03 Å². The minimum Gasteiger partial charge on any atom is -0.334 e. The molecule has 0 saturated carbocycles. The first-order valence-corrected chi connectivity index (χ1v) is 6.00. The summed E-state index contributed by atoms with van der Waals surface area (Å²) >= 11 is 0. The SMILES string of the molecule is Cc1cccc(CNC(=O)Nc2ccccc2F)c1. The Morgan fingerprint density at radius 1 is 1.16 bits per heavy atom. The zero-order valence-electron chi connectivity index (χ0n) is 10.6. The molecule has 0 unspecified atom stereocenters. The molecule has 0 fully saturated rings. The molecule has 2 aromatic carbocycles. The lowest BCUT2D eigenvalue weighted by atomic mass is 10.1. The van der Waals surface area contributed by atoms with Gasteiger partial charge in [-0.1, -0.05) is 42.0 Å². The van der Waals surface area contributed by atoms with Crippen molar-refractivity contribution in [2.45, 2.75) is 13.5 Å². The molecule has 19 heavy (non-hydrogen) atoms. The summed E-state index contributed by atoms with van der Waals surface area (Å²) in [5.74, 6) is -0.451. The van der Waals surface area contributed by atoms with Gasteiger partial charge in [0.05, 0.1) is 5.69 Å². The molecule has 2 N–H and O–H groups in total. The zero-order valence-corrected chi connectivity index (χ0v) is 10.6. The Kier molecular flexibility index (Phi) is 4.13. The van der Waals surface area contributed by atoms with Gasteiger partial charge in [0.25, 0.3) is 0 Å². The summed E-state index contributed by atoms with van der Waals surface area (Å²) in [5, 5.41) is 5.16. The summed E-state index contributed by atoms with van der Waals surface area (Å²) in [6, 6.07) is 13.5. The van der Waals surface area contributed by atoms with Gasteiger partial charge in [-0.25, -0.2) is 9.18 Å². The van der Waals surface area contributed by atoms with Crippen LogP contribution in [-0.2, 0) is 6.54 Å². The standard InChI is InChI=1S/C15H15FN2O/c1-11-5-4-6-12(9-11)10-17-15(19)18-14-8-3-2-7-13(14)16/h2-9H,10H2,1H3,(H2,17,18,19). The summed E-state index contributed by atoms with van der Waals surface area (Å²) in [5.41, 5.74) is 2.31. The van der Waals surface area contributed by atoms with Crippen molar-refractivity contribution in [3.63, 3.8) is 0 Å². The van der Waals surface area contributed by atoms with E-state index in [0.29, 0.717) is 6.54 Å². The quantitative estimate of drug-likeness (QED) is 0.869. The Morgan fingerprint density at radius 3 is 2.68 bits per heavy atom. The van der Waals surface area contributed by atoms with Crippen LogP contribution in [0.1, 0.15) is 11.1 Å². The number of para-hydroxylation sites is 1. The van der Waals surface area contributed by atoms with Crippen molar-refractivity contribution in [2.24, 2.45) is 0 Å². The molecule has 2 amide bonds. The predicted octanol–water partition coefficient (Wildman–Crippen LogP) is 3.46. The smallest absolute Gasteiger partial charge is 0.319 e. The maximum Gasteiger partial charge on any atom is 0.319 e. The van der Waals surface area contributed by atoms with Crippen LogP contribution >= 0.6 is 0 Å². The van der Waals surface area contributed by atoms with E-state index < -0.39 is 11.8 Å². The van der Waals surface area contributed by atoms with Crippen molar-refractivity contribution in [1.82, 2.24) is 5.32 Å². The number of carbonyl (C=O) groups is 1. The van der Waals surface area contributed by atoms with Crippen LogP contribution in [0.4, 0.5) is 14.9 Å². The number of carbonyl (C=O) groups excluding carboxylic acids is 1. The molecule has 0 bridgehead atoms. The maximum absolute atomic E-state index is 13.3. The second kappa shape index (κ2) is 6.00. The number of halogens is 1. The van der Waals surface area contributed by atoms with Crippen LogP contribution in [0.3, 0.4) is 0 Å². The molecular weight excluding hydrogens is 243 g/mol. The highest BCUT2D eigenvalue weighted by molar-refractivity contribution is 5.89. The number of rotatable bonds is 3. The molecule has 0 radical (unpaired) electrons. The Bertz CT molecular complexity index is 584. The molecule has 98 valence electrons. The van der Waals surface area contributed by atoms with Crippen LogP contribution in [0.15, 0.2) is 48.5 Å². The van der Waals surface area contributed by atoms with Gasteiger partial charge in [0.15, 0.2) is 0 Å². The summed E-state index contributed by atoms with van der Waals surface area (Å²) in [4.78, 5) is 11.6. The van der Waals surface area contributed by atoms with Crippen molar-refractivity contribution in [3.05, 3.63) is 65.5 Å². The van der Waals surface area contributed by atoms with Crippen LogP contribution in [0.25, 0.3) is 0 Å². The highest BCUT2D eigenvalue weighted by Gasteiger charge is 2.05. The van der Waals surface area contributed by atoms with Gasteiger partial charge in [-0.3, -0.25) is 0 Å². The van der Waals surface area contributed by atoms with Crippen molar-refractivity contribution in [3.8, 4) is 0 Å². The van der Waals surface area contributed by atoms with Crippen LogP contribution in [-0.4, -0.2) is 6.03 Å². The first-order chi connectivity index (χ1) is 9.15. The third-order valence-corrected chi connectivity index (χ3v) is 2.66. The number of urea groups is 1. The molecule has 0 aliphatic carbocycles. The summed E-state index contributed by atoms with van der Waals surface area (Å²) in [6.07, 6.45) is 0. The van der Waals surface area contributed by atoms with E-state index in [4.69, 9.17) is 0 Å². The average Bonchev–Trinajstić information content (AvgIpc) is 2.39. The lowest BCUT2D eigenvalue weighted by Gasteiger charge is -2.08. The molecule has 0 heterocycles. The van der Waals surface area contributed by atoms with E-state index in [-0.39, 0.29) is 5.69 Å². The van der Waals surface area contributed by atoms with Gasteiger partial charge in [-0.05, 0) is 24.6 Å². The predicted molar refractivity (Wildman–Crippen MR) is 73.4 cm³/mol. The molecule has 2 rings (SSSR count). The van der Waals surface area contributed by atoms with Crippen molar-refractivity contribution in [1.29, 1.82) is 0 Å². The zero-order chi connectivity index (χ0) is 13.7. The fourth-order valence-electron chi connectivity index (χ4n) is 1.73. The van der Waals surface area contributed by atoms with Gasteiger partial charge in [0.1, 0.15) is 5.82 Å². The molecule has 0 aliphatic heterocycles. The average molecular weight is 258 g/mol. The molecule has 4 heteroatoms. The first kappa shape index (κ1) is 13.1. The van der Waals surface area contributed by atoms with Crippen molar-refractivity contribution in [2.75, 3.05) is 5.32 Å². The lowest BCUT2D eigenvalue weighted by molar-refractivity contribution is 0.251. The minimum absolute atomic E-state index is 0.171. The second-order valence-corrected chi connectivity index (χ2v) is 4.28. The number of hydrogen-bond acceptors (Lipinski definition) is 1. The largest absolute Gasteiger partial charge is 0.334 e. The van der Waals surface area contributed by atoms with E-state index in [0.717, 1.165) is 11.1 Å². The summed E-state index contributed by atoms with van der Waals surface area (Å²) in [7, 11) is 0. The molecule has 0 atom stereocenters. The van der Waals surface area contributed by atoms with Gasteiger partial charge in [-0.2, -0.15) is 0 Å². The second-order valence-electron chi connectivity index (χ2n) is 4.28. The topological polar surface area (TPSA) is 41.1 Å². The Morgan fingerprint density at radius 2 is 1.95 bits per heavy atom. The monoisotopic (exact) mass is 258 g/mol. The van der Waals surface area contributed by atoms with Gasteiger partial charge < -0.3 is 10.6 Å². The van der Waals surface area contributed by atoms with Crippen LogP contribution < -0.4 is 10.6 Å². The lowest BCUT2D eigenvalue weighted by Crippen LogP contribution is -2.28. The third kappa shape index (κ3) is 3.81. The fraction of sp³-hybridized carbons (Fsp3) is 0.133. The Balaban J connectivity index is 1.90. The highest BCUT2D eigenvalue weighted by Crippen LogP contribution is 2.12. The van der Waals surface area contributed by atoms with Crippen molar-refractivity contribution >= 4 is 11.7 Å². The van der Waals surface area contributed by atoms with E-state index >= 15 is 0 Å². The van der Waals surface area contributed by atoms with E-state index in [1.54, 1.807) is 12.1 Å². The summed E-state index contributed by atoms with van der Waals surface area (Å²) < 4.78 is 13.3. The van der Waals surface area contributed by atoms with E-state index in [1.807, 2.05) is 31.2 Å². The van der Waals surface area contributed by atoms with E-state index in [9.17, 15) is 9.18 Å². The Labute approximate surface area is 111 Å². The van der Waals surface area contributed by atoms with Crippen LogP contribution in [0, 0.1) is 12.7 Å². The van der Waals surface area contributed by atoms with Gasteiger partial charge in [0.2, 0.25) is 0 Å². The van der Waals surface area contributed by atoms with Crippen LogP contribution in [0.5, 0.6) is 0 Å². The molecule has 0 spiro atoms. The maximum atomic E-state index is 13.3. The fourth-order valence-corrected chi connectivity index (χ4v) is 1.73. The molecule has 3 nitrogen and oxygen atoms in total. The molecule has 0 aliphatic rings. The number of benzene rings is 2. The van der Waals surface area contributed by atoms with Gasteiger partial charge in [0, 0.05) is 6.54 Å². The highest BCUT2D eigenvalue weighted by atomic mass is 19.1. The molecule has 0 saturated heterocycles. The van der Waals surface area contributed by atoms with Gasteiger partial charge in [-0.15, -0.1) is 0 Å². The van der Waals surface area contributed by atoms with E-state index in [1.165, 1.54) is 12.1 Å². The number of aryl methyl sites for hydroxylation is 1. The molecular formula is C15H15FN2O.